The zero-order valence-electron chi connectivity index (χ0n) is 14.0. The molecule has 0 fully saturated rings. The average molecular weight is 413 g/mol. The SMILES string of the molecule is CC(Oc1cccc2ccccc12)C(=O)N/N=C/c1cc(Br)ccc1O. The summed E-state index contributed by atoms with van der Waals surface area (Å²) in [7, 11) is 0. The maximum Gasteiger partial charge on any atom is 0.280 e. The van der Waals surface area contributed by atoms with Crippen molar-refractivity contribution in [2.45, 2.75) is 13.0 Å². The molecule has 3 aromatic carbocycles. The number of halogens is 1. The quantitative estimate of drug-likeness (QED) is 0.486. The molecule has 3 aromatic rings. The number of carbonyl (C=O) groups excluding carboxylic acids is 1. The molecular weight excluding hydrogens is 396 g/mol. The third-order valence-corrected chi connectivity index (χ3v) is 4.28. The van der Waals surface area contributed by atoms with E-state index in [9.17, 15) is 9.90 Å². The van der Waals surface area contributed by atoms with Crippen LogP contribution in [0.1, 0.15) is 12.5 Å². The van der Waals surface area contributed by atoms with Gasteiger partial charge in [0, 0.05) is 15.4 Å². The van der Waals surface area contributed by atoms with Crippen molar-refractivity contribution in [2.24, 2.45) is 5.10 Å². The second-order valence-corrected chi connectivity index (χ2v) is 6.59. The molecule has 5 nitrogen and oxygen atoms in total. The van der Waals surface area contributed by atoms with E-state index in [1.807, 2.05) is 42.5 Å². The van der Waals surface area contributed by atoms with Crippen LogP contribution >= 0.6 is 15.9 Å². The average Bonchev–Trinajstić information content (AvgIpc) is 2.64. The molecule has 0 heterocycles. The zero-order valence-corrected chi connectivity index (χ0v) is 15.6. The smallest absolute Gasteiger partial charge is 0.280 e. The van der Waals surface area contributed by atoms with Gasteiger partial charge in [0.2, 0.25) is 0 Å². The van der Waals surface area contributed by atoms with Gasteiger partial charge in [0.1, 0.15) is 11.5 Å². The summed E-state index contributed by atoms with van der Waals surface area (Å²) in [6.07, 6.45) is 0.650. The van der Waals surface area contributed by atoms with Crippen molar-refractivity contribution in [1.82, 2.24) is 5.43 Å². The van der Waals surface area contributed by atoms with Crippen LogP contribution in [-0.2, 0) is 4.79 Å². The van der Waals surface area contributed by atoms with Crippen LogP contribution in [-0.4, -0.2) is 23.3 Å². The minimum Gasteiger partial charge on any atom is -0.507 e. The molecule has 0 saturated heterocycles. The summed E-state index contributed by atoms with van der Waals surface area (Å²) < 4.78 is 6.59. The molecule has 0 aliphatic carbocycles. The molecule has 0 aliphatic rings. The van der Waals surface area contributed by atoms with Crippen LogP contribution in [0.25, 0.3) is 10.8 Å². The lowest BCUT2D eigenvalue weighted by molar-refractivity contribution is -0.127. The number of hydrazone groups is 1. The summed E-state index contributed by atoms with van der Waals surface area (Å²) in [6, 6.07) is 18.5. The van der Waals surface area contributed by atoms with Crippen molar-refractivity contribution in [1.29, 1.82) is 0 Å². The number of aromatic hydroxyl groups is 1. The molecule has 26 heavy (non-hydrogen) atoms. The second-order valence-electron chi connectivity index (χ2n) is 5.67. The van der Waals surface area contributed by atoms with Crippen LogP contribution in [0.2, 0.25) is 0 Å². The lowest BCUT2D eigenvalue weighted by atomic mass is 10.1. The minimum absolute atomic E-state index is 0.0752. The molecule has 6 heteroatoms. The Morgan fingerprint density at radius 1 is 1.19 bits per heavy atom. The predicted molar refractivity (Wildman–Crippen MR) is 106 cm³/mol. The summed E-state index contributed by atoms with van der Waals surface area (Å²) in [5, 5.41) is 15.6. The van der Waals surface area contributed by atoms with Crippen LogP contribution in [0.4, 0.5) is 0 Å². The van der Waals surface area contributed by atoms with E-state index in [4.69, 9.17) is 4.74 Å². The number of fused-ring (bicyclic) bond motifs is 1. The lowest BCUT2D eigenvalue weighted by Crippen LogP contribution is -2.33. The maximum absolute atomic E-state index is 12.2. The molecule has 0 aromatic heterocycles. The Kier molecular flexibility index (Phi) is 5.53. The van der Waals surface area contributed by atoms with E-state index in [1.54, 1.807) is 25.1 Å². The first-order chi connectivity index (χ1) is 12.5. The monoisotopic (exact) mass is 412 g/mol. The van der Waals surface area contributed by atoms with Crippen LogP contribution in [0.3, 0.4) is 0 Å². The first kappa shape index (κ1) is 17.9. The molecule has 1 amide bonds. The highest BCUT2D eigenvalue weighted by atomic mass is 79.9. The number of amides is 1. The molecule has 0 bridgehead atoms. The number of phenols is 1. The topological polar surface area (TPSA) is 70.9 Å². The largest absolute Gasteiger partial charge is 0.507 e. The summed E-state index contributed by atoms with van der Waals surface area (Å²) in [5.41, 5.74) is 2.91. The number of ether oxygens (including phenoxy) is 1. The Bertz CT molecular complexity index is 967. The van der Waals surface area contributed by atoms with Gasteiger partial charge in [-0.05, 0) is 36.6 Å². The first-order valence-electron chi connectivity index (χ1n) is 8.00. The fraction of sp³-hybridized carbons (Fsp3) is 0.100. The van der Waals surface area contributed by atoms with Crippen LogP contribution in [0, 0.1) is 0 Å². The van der Waals surface area contributed by atoms with Crippen molar-refractivity contribution in [3.05, 3.63) is 70.7 Å². The predicted octanol–water partition coefficient (Wildman–Crippen LogP) is 4.23. The number of benzene rings is 3. The van der Waals surface area contributed by atoms with E-state index >= 15 is 0 Å². The fourth-order valence-electron chi connectivity index (χ4n) is 2.43. The van der Waals surface area contributed by atoms with Crippen molar-refractivity contribution < 1.29 is 14.6 Å². The van der Waals surface area contributed by atoms with E-state index in [-0.39, 0.29) is 11.7 Å². The summed E-state index contributed by atoms with van der Waals surface area (Å²) in [5.74, 6) is 0.328. The minimum atomic E-state index is -0.728. The van der Waals surface area contributed by atoms with E-state index in [2.05, 4.69) is 26.5 Å². The number of rotatable bonds is 5. The van der Waals surface area contributed by atoms with Crippen LogP contribution < -0.4 is 10.2 Å². The van der Waals surface area contributed by atoms with Gasteiger partial charge >= 0.3 is 0 Å². The second kappa shape index (κ2) is 8.01. The van der Waals surface area contributed by atoms with Crippen molar-refractivity contribution in [3.63, 3.8) is 0 Å². The third-order valence-electron chi connectivity index (χ3n) is 3.79. The normalized spacial score (nSPS) is 12.2. The number of carbonyl (C=O) groups is 1. The number of nitrogens with zero attached hydrogens (tertiary/aromatic N) is 1. The third kappa shape index (κ3) is 4.21. The molecule has 1 unspecified atom stereocenters. The molecule has 2 N–H and O–H groups in total. The van der Waals surface area contributed by atoms with Crippen LogP contribution in [0.5, 0.6) is 11.5 Å². The Balaban J connectivity index is 1.66. The van der Waals surface area contributed by atoms with Gasteiger partial charge < -0.3 is 9.84 Å². The fourth-order valence-corrected chi connectivity index (χ4v) is 2.81. The molecule has 0 aliphatic heterocycles. The van der Waals surface area contributed by atoms with Gasteiger partial charge in [0.25, 0.3) is 5.91 Å². The molecule has 132 valence electrons. The summed E-state index contributed by atoms with van der Waals surface area (Å²) in [4.78, 5) is 12.2. The maximum atomic E-state index is 12.2. The number of hydrogen-bond donors (Lipinski definition) is 2. The van der Waals surface area contributed by atoms with Gasteiger partial charge in [-0.2, -0.15) is 5.10 Å². The van der Waals surface area contributed by atoms with Gasteiger partial charge in [-0.3, -0.25) is 4.79 Å². The van der Waals surface area contributed by atoms with E-state index < -0.39 is 6.10 Å². The molecule has 0 spiro atoms. The number of hydrogen-bond acceptors (Lipinski definition) is 4. The Labute approximate surface area is 159 Å². The van der Waals surface area contributed by atoms with Crippen molar-refractivity contribution in [3.8, 4) is 11.5 Å². The molecule has 0 saturated carbocycles. The number of nitrogens with one attached hydrogen (secondary N) is 1. The molecular formula is C20H17BrN2O3. The van der Waals surface area contributed by atoms with E-state index in [0.29, 0.717) is 11.3 Å². The Hall–Kier alpha value is -2.86. The van der Waals surface area contributed by atoms with Gasteiger partial charge in [0.05, 0.1) is 6.21 Å². The van der Waals surface area contributed by atoms with E-state index in [0.717, 1.165) is 15.2 Å². The number of phenolic OH excluding ortho intramolecular Hbond substituents is 1. The highest BCUT2D eigenvalue weighted by Gasteiger charge is 2.15. The van der Waals surface area contributed by atoms with E-state index in [1.165, 1.54) is 6.21 Å². The van der Waals surface area contributed by atoms with Gasteiger partial charge in [-0.15, -0.1) is 0 Å². The highest BCUT2D eigenvalue weighted by Crippen LogP contribution is 2.26. The van der Waals surface area contributed by atoms with Crippen molar-refractivity contribution in [2.75, 3.05) is 0 Å². The standard InChI is InChI=1S/C20H17BrN2O3/c1-13(26-19-8-4-6-14-5-2-3-7-17(14)19)20(25)23-22-12-15-11-16(21)9-10-18(15)24/h2-13,24H,1H3,(H,23,25)/b22-12+. The Morgan fingerprint density at radius 2 is 1.96 bits per heavy atom. The first-order valence-corrected chi connectivity index (χ1v) is 8.80. The van der Waals surface area contributed by atoms with Crippen molar-refractivity contribution >= 4 is 38.8 Å². The van der Waals surface area contributed by atoms with Gasteiger partial charge in [-0.25, -0.2) is 5.43 Å². The zero-order chi connectivity index (χ0) is 18.5. The van der Waals surface area contributed by atoms with Crippen LogP contribution in [0.15, 0.2) is 70.2 Å². The molecule has 3 rings (SSSR count). The lowest BCUT2D eigenvalue weighted by Gasteiger charge is -2.14. The Morgan fingerprint density at radius 3 is 2.81 bits per heavy atom. The summed E-state index contributed by atoms with van der Waals surface area (Å²) >= 11 is 3.32. The molecule has 0 radical (unpaired) electrons. The highest BCUT2D eigenvalue weighted by molar-refractivity contribution is 9.10. The summed E-state index contributed by atoms with van der Waals surface area (Å²) in [6.45, 7) is 1.66. The molecule has 1 atom stereocenters. The van der Waals surface area contributed by atoms with Gasteiger partial charge in [0.15, 0.2) is 6.10 Å². The van der Waals surface area contributed by atoms with Gasteiger partial charge in [-0.1, -0.05) is 52.3 Å².